The molecule has 0 aliphatic rings. The first kappa shape index (κ1) is 9.45. The van der Waals surface area contributed by atoms with E-state index in [0.29, 0.717) is 6.04 Å². The zero-order valence-electron chi connectivity index (χ0n) is 7.02. The number of hydrogen-bond donors (Lipinski definition) is 1. The molecule has 2 heteroatoms. The lowest BCUT2D eigenvalue weighted by Crippen LogP contribution is -2.31. The number of nitriles is 1. The summed E-state index contributed by atoms with van der Waals surface area (Å²) in [6.45, 7) is 4.15. The quantitative estimate of drug-likeness (QED) is 0.643. The number of rotatable bonds is 4. The highest BCUT2D eigenvalue weighted by atomic mass is 14.9. The number of nitrogens with one attached hydrogen (secondary N) is 1. The summed E-state index contributed by atoms with van der Waals surface area (Å²) in [5.74, 6) is 0.176. The molecule has 0 aliphatic heterocycles. The molecule has 0 aromatic rings. The first-order valence-electron chi connectivity index (χ1n) is 3.87. The van der Waals surface area contributed by atoms with E-state index in [-0.39, 0.29) is 5.92 Å². The first-order valence-corrected chi connectivity index (χ1v) is 3.87. The summed E-state index contributed by atoms with van der Waals surface area (Å²) in [5.41, 5.74) is 0. The SMILES string of the molecule is CCC(C#N)C(CC)NC. The van der Waals surface area contributed by atoms with Crippen LogP contribution in [0.4, 0.5) is 0 Å². The van der Waals surface area contributed by atoms with Crippen LogP contribution in [0.2, 0.25) is 0 Å². The molecule has 2 nitrogen and oxygen atoms in total. The third-order valence-electron chi connectivity index (χ3n) is 1.90. The van der Waals surface area contributed by atoms with Crippen molar-refractivity contribution in [3.05, 3.63) is 0 Å². The molecule has 2 unspecified atom stereocenters. The van der Waals surface area contributed by atoms with Gasteiger partial charge in [0.1, 0.15) is 0 Å². The molecule has 0 fully saturated rings. The Morgan fingerprint density at radius 1 is 1.40 bits per heavy atom. The van der Waals surface area contributed by atoms with Gasteiger partial charge in [-0.2, -0.15) is 5.26 Å². The predicted molar refractivity (Wildman–Crippen MR) is 42.5 cm³/mol. The Morgan fingerprint density at radius 2 is 2.00 bits per heavy atom. The van der Waals surface area contributed by atoms with E-state index in [1.54, 1.807) is 0 Å². The summed E-state index contributed by atoms with van der Waals surface area (Å²) in [6.07, 6.45) is 1.97. The summed E-state index contributed by atoms with van der Waals surface area (Å²) in [6, 6.07) is 2.66. The second-order valence-electron chi connectivity index (χ2n) is 2.45. The van der Waals surface area contributed by atoms with Crippen molar-refractivity contribution in [2.24, 2.45) is 5.92 Å². The highest BCUT2D eigenvalue weighted by Crippen LogP contribution is 2.09. The van der Waals surface area contributed by atoms with Crippen molar-refractivity contribution < 1.29 is 0 Å². The third-order valence-corrected chi connectivity index (χ3v) is 1.90. The minimum atomic E-state index is 0.176. The van der Waals surface area contributed by atoms with Gasteiger partial charge in [-0.05, 0) is 19.9 Å². The van der Waals surface area contributed by atoms with Crippen LogP contribution < -0.4 is 5.32 Å². The van der Waals surface area contributed by atoms with Crippen molar-refractivity contribution in [2.45, 2.75) is 32.7 Å². The molecule has 0 saturated heterocycles. The minimum Gasteiger partial charge on any atom is -0.316 e. The number of hydrogen-bond acceptors (Lipinski definition) is 2. The summed E-state index contributed by atoms with van der Waals surface area (Å²) in [4.78, 5) is 0. The normalized spacial score (nSPS) is 15.8. The second kappa shape index (κ2) is 5.25. The van der Waals surface area contributed by atoms with Crippen LogP contribution in [0.15, 0.2) is 0 Å². The van der Waals surface area contributed by atoms with E-state index in [9.17, 15) is 0 Å². The van der Waals surface area contributed by atoms with Gasteiger partial charge in [0, 0.05) is 6.04 Å². The summed E-state index contributed by atoms with van der Waals surface area (Å²) in [7, 11) is 1.91. The van der Waals surface area contributed by atoms with Gasteiger partial charge in [-0.1, -0.05) is 13.8 Å². The van der Waals surface area contributed by atoms with E-state index in [4.69, 9.17) is 5.26 Å². The lowest BCUT2D eigenvalue weighted by Gasteiger charge is -2.17. The maximum absolute atomic E-state index is 8.67. The van der Waals surface area contributed by atoms with E-state index >= 15 is 0 Å². The fraction of sp³-hybridized carbons (Fsp3) is 0.875. The Balaban J connectivity index is 3.85. The van der Waals surface area contributed by atoms with Crippen LogP contribution >= 0.6 is 0 Å². The molecule has 1 N–H and O–H groups in total. The zero-order chi connectivity index (χ0) is 7.98. The predicted octanol–water partition coefficient (Wildman–Crippen LogP) is 1.53. The summed E-state index contributed by atoms with van der Waals surface area (Å²) >= 11 is 0. The number of nitrogens with zero attached hydrogens (tertiary/aromatic N) is 1. The Labute approximate surface area is 63.2 Å². The molecular weight excluding hydrogens is 124 g/mol. The van der Waals surface area contributed by atoms with Gasteiger partial charge >= 0.3 is 0 Å². The molecule has 0 saturated carbocycles. The smallest absolute Gasteiger partial charge is 0.0672 e. The van der Waals surface area contributed by atoms with Crippen LogP contribution in [0.25, 0.3) is 0 Å². The van der Waals surface area contributed by atoms with Crippen molar-refractivity contribution in [1.82, 2.24) is 5.32 Å². The average Bonchev–Trinajstić information content (AvgIpc) is 2.00. The molecule has 0 rings (SSSR count). The molecule has 0 spiro atoms. The molecule has 0 radical (unpaired) electrons. The van der Waals surface area contributed by atoms with Gasteiger partial charge in [-0.3, -0.25) is 0 Å². The van der Waals surface area contributed by atoms with Gasteiger partial charge in [-0.25, -0.2) is 0 Å². The second-order valence-corrected chi connectivity index (χ2v) is 2.45. The van der Waals surface area contributed by atoms with E-state index in [0.717, 1.165) is 12.8 Å². The molecular formula is C8H16N2. The molecule has 10 heavy (non-hydrogen) atoms. The van der Waals surface area contributed by atoms with Gasteiger partial charge < -0.3 is 5.32 Å². The minimum absolute atomic E-state index is 0.176. The van der Waals surface area contributed by atoms with E-state index in [1.165, 1.54) is 0 Å². The average molecular weight is 140 g/mol. The Morgan fingerprint density at radius 3 is 2.10 bits per heavy atom. The lowest BCUT2D eigenvalue weighted by atomic mass is 9.97. The molecule has 0 aliphatic carbocycles. The highest BCUT2D eigenvalue weighted by Gasteiger charge is 2.14. The van der Waals surface area contributed by atoms with Crippen LogP contribution in [-0.4, -0.2) is 13.1 Å². The van der Waals surface area contributed by atoms with Crippen LogP contribution in [-0.2, 0) is 0 Å². The molecule has 0 bridgehead atoms. The molecule has 0 aromatic heterocycles. The maximum Gasteiger partial charge on any atom is 0.0672 e. The summed E-state index contributed by atoms with van der Waals surface area (Å²) < 4.78 is 0. The van der Waals surface area contributed by atoms with E-state index < -0.39 is 0 Å². The fourth-order valence-electron chi connectivity index (χ4n) is 1.16. The third kappa shape index (κ3) is 2.36. The molecule has 58 valence electrons. The van der Waals surface area contributed by atoms with Gasteiger partial charge in [0.05, 0.1) is 12.0 Å². The lowest BCUT2D eigenvalue weighted by molar-refractivity contribution is 0.422. The standard InChI is InChI=1S/C8H16N2/c1-4-7(6-9)8(5-2)10-3/h7-8,10H,4-5H2,1-3H3. The van der Waals surface area contributed by atoms with Crippen LogP contribution in [0, 0.1) is 17.2 Å². The van der Waals surface area contributed by atoms with Crippen molar-refractivity contribution >= 4 is 0 Å². The molecule has 0 heterocycles. The monoisotopic (exact) mass is 140 g/mol. The van der Waals surface area contributed by atoms with Gasteiger partial charge in [0.15, 0.2) is 0 Å². The van der Waals surface area contributed by atoms with Crippen molar-refractivity contribution in [3.8, 4) is 6.07 Å². The zero-order valence-corrected chi connectivity index (χ0v) is 7.02. The van der Waals surface area contributed by atoms with Gasteiger partial charge in [0.25, 0.3) is 0 Å². The topological polar surface area (TPSA) is 35.8 Å². The largest absolute Gasteiger partial charge is 0.316 e. The highest BCUT2D eigenvalue weighted by molar-refractivity contribution is 4.89. The molecule has 0 aromatic carbocycles. The van der Waals surface area contributed by atoms with Crippen molar-refractivity contribution in [2.75, 3.05) is 7.05 Å². The fourth-order valence-corrected chi connectivity index (χ4v) is 1.16. The van der Waals surface area contributed by atoms with Crippen molar-refractivity contribution in [1.29, 1.82) is 5.26 Å². The van der Waals surface area contributed by atoms with Gasteiger partial charge in [0.2, 0.25) is 0 Å². The molecule has 0 amide bonds. The van der Waals surface area contributed by atoms with Crippen molar-refractivity contribution in [3.63, 3.8) is 0 Å². The molecule has 2 atom stereocenters. The Kier molecular flexibility index (Phi) is 4.96. The van der Waals surface area contributed by atoms with Crippen LogP contribution in [0.5, 0.6) is 0 Å². The Bertz CT molecular complexity index is 111. The van der Waals surface area contributed by atoms with Crippen LogP contribution in [0.1, 0.15) is 26.7 Å². The Hall–Kier alpha value is -0.550. The van der Waals surface area contributed by atoms with E-state index in [1.807, 2.05) is 14.0 Å². The first-order chi connectivity index (χ1) is 4.79. The van der Waals surface area contributed by atoms with E-state index in [2.05, 4.69) is 18.3 Å². The van der Waals surface area contributed by atoms with Crippen LogP contribution in [0.3, 0.4) is 0 Å². The summed E-state index contributed by atoms with van der Waals surface area (Å²) in [5, 5.41) is 11.8. The van der Waals surface area contributed by atoms with Gasteiger partial charge in [-0.15, -0.1) is 0 Å². The maximum atomic E-state index is 8.67.